The molecule has 0 aromatic heterocycles. The number of hydrogen-bond donors (Lipinski definition) is 0. The lowest BCUT2D eigenvalue weighted by Gasteiger charge is -2.39. The van der Waals surface area contributed by atoms with Crippen LogP contribution in [0, 0.1) is 10.8 Å². The molecular formula is C25H36O4. The number of carbonyl (C=O) groups excluding carboxylic acids is 1. The number of carbonyl (C=O) groups is 1. The van der Waals surface area contributed by atoms with Gasteiger partial charge in [0.05, 0.1) is 12.7 Å². The van der Waals surface area contributed by atoms with E-state index >= 15 is 0 Å². The van der Waals surface area contributed by atoms with Gasteiger partial charge in [-0.2, -0.15) is 0 Å². The second-order valence-corrected chi connectivity index (χ2v) is 10.7. The zero-order chi connectivity index (χ0) is 22.3. The Morgan fingerprint density at radius 3 is 1.55 bits per heavy atom. The zero-order valence-electron chi connectivity index (χ0n) is 19.6. The van der Waals surface area contributed by atoms with Gasteiger partial charge in [-0.3, -0.25) is 4.79 Å². The number of allylic oxidation sites excluding steroid dienone is 2. The standard InChI is InChI=1S/C25H36O4/c1-22(2,3)19-15-25(29-28-24(7,8)9,16-20(21(19)26)23(4,5)6)17-11-13-18(27-10)14-12-17/h11-16H,1-10H3. The van der Waals surface area contributed by atoms with E-state index in [9.17, 15) is 4.79 Å². The summed E-state index contributed by atoms with van der Waals surface area (Å²) in [4.78, 5) is 25.3. The van der Waals surface area contributed by atoms with E-state index in [1.54, 1.807) is 7.11 Å². The lowest BCUT2D eigenvalue weighted by molar-refractivity contribution is -0.388. The summed E-state index contributed by atoms with van der Waals surface area (Å²) in [6.45, 7) is 18.1. The summed E-state index contributed by atoms with van der Waals surface area (Å²) in [6.07, 6.45) is 3.83. The van der Waals surface area contributed by atoms with E-state index in [1.165, 1.54) is 0 Å². The molecule has 1 aliphatic rings. The van der Waals surface area contributed by atoms with Crippen molar-refractivity contribution in [1.29, 1.82) is 0 Å². The van der Waals surface area contributed by atoms with Crippen LogP contribution in [-0.4, -0.2) is 18.5 Å². The molecule has 1 aromatic rings. The molecular weight excluding hydrogens is 364 g/mol. The van der Waals surface area contributed by atoms with Crippen molar-refractivity contribution >= 4 is 5.78 Å². The quantitative estimate of drug-likeness (QED) is 0.448. The Morgan fingerprint density at radius 2 is 1.21 bits per heavy atom. The molecule has 0 saturated heterocycles. The number of methoxy groups -OCH3 is 1. The summed E-state index contributed by atoms with van der Waals surface area (Å²) in [5.74, 6) is 0.820. The molecule has 0 amide bonds. The third kappa shape index (κ3) is 5.37. The molecule has 0 fully saturated rings. The van der Waals surface area contributed by atoms with Crippen molar-refractivity contribution in [2.45, 2.75) is 73.5 Å². The van der Waals surface area contributed by atoms with Gasteiger partial charge in [-0.15, -0.1) is 0 Å². The molecule has 0 saturated carbocycles. The Kier molecular flexibility index (Phi) is 6.23. The Hall–Kier alpha value is -1.91. The Labute approximate surface area is 175 Å². The first-order valence-electron chi connectivity index (χ1n) is 10.1. The van der Waals surface area contributed by atoms with Crippen molar-refractivity contribution in [3.05, 3.63) is 53.1 Å². The number of ketones is 1. The van der Waals surface area contributed by atoms with Gasteiger partial charge in [0.2, 0.25) is 0 Å². The SMILES string of the molecule is COc1ccc(C2(OOC(C)(C)C)C=C(C(C)(C)C)C(=O)C(C(C)(C)C)=C2)cc1. The smallest absolute Gasteiger partial charge is 0.185 e. The minimum atomic E-state index is -1.02. The van der Waals surface area contributed by atoms with Gasteiger partial charge < -0.3 is 4.74 Å². The van der Waals surface area contributed by atoms with Crippen LogP contribution < -0.4 is 4.74 Å². The van der Waals surface area contributed by atoms with Crippen LogP contribution in [0.2, 0.25) is 0 Å². The number of hydrogen-bond acceptors (Lipinski definition) is 4. The fourth-order valence-electron chi connectivity index (χ4n) is 3.17. The average Bonchev–Trinajstić information content (AvgIpc) is 2.58. The predicted octanol–water partition coefficient (Wildman–Crippen LogP) is 6.16. The van der Waals surface area contributed by atoms with Gasteiger partial charge in [0.15, 0.2) is 11.4 Å². The second kappa shape index (κ2) is 7.73. The van der Waals surface area contributed by atoms with Crippen molar-refractivity contribution in [2.75, 3.05) is 7.11 Å². The average molecular weight is 401 g/mol. The van der Waals surface area contributed by atoms with Crippen LogP contribution in [0.25, 0.3) is 0 Å². The predicted molar refractivity (Wildman–Crippen MR) is 117 cm³/mol. The van der Waals surface area contributed by atoms with E-state index in [0.29, 0.717) is 0 Å². The molecule has 0 spiro atoms. The zero-order valence-corrected chi connectivity index (χ0v) is 19.6. The number of benzene rings is 1. The van der Waals surface area contributed by atoms with Crippen LogP contribution in [0.4, 0.5) is 0 Å². The van der Waals surface area contributed by atoms with E-state index in [4.69, 9.17) is 14.5 Å². The van der Waals surface area contributed by atoms with Crippen molar-refractivity contribution in [3.8, 4) is 5.75 Å². The minimum absolute atomic E-state index is 0.0634. The van der Waals surface area contributed by atoms with Crippen molar-refractivity contribution in [1.82, 2.24) is 0 Å². The summed E-state index contributed by atoms with van der Waals surface area (Å²) in [5.41, 5.74) is 0.107. The molecule has 0 unspecified atom stereocenters. The van der Waals surface area contributed by atoms with E-state index < -0.39 is 11.2 Å². The topological polar surface area (TPSA) is 44.8 Å². The van der Waals surface area contributed by atoms with Crippen LogP contribution in [0.5, 0.6) is 5.75 Å². The van der Waals surface area contributed by atoms with E-state index in [0.717, 1.165) is 22.5 Å². The second-order valence-electron chi connectivity index (χ2n) is 10.7. The summed E-state index contributed by atoms with van der Waals surface area (Å²) in [5, 5.41) is 0. The molecule has 0 N–H and O–H groups in total. The molecule has 160 valence electrons. The maximum Gasteiger partial charge on any atom is 0.185 e. The molecule has 1 aliphatic carbocycles. The number of Topliss-reactive ketones (excluding diaryl/α,β-unsaturated/α-hetero) is 1. The molecule has 29 heavy (non-hydrogen) atoms. The van der Waals surface area contributed by atoms with Crippen molar-refractivity contribution < 1.29 is 19.3 Å². The molecule has 0 bridgehead atoms. The van der Waals surface area contributed by atoms with Crippen LogP contribution in [-0.2, 0) is 20.2 Å². The molecule has 0 heterocycles. The molecule has 4 heteroatoms. The fourth-order valence-corrected chi connectivity index (χ4v) is 3.17. The fraction of sp³-hybridized carbons (Fsp3) is 0.560. The highest BCUT2D eigenvalue weighted by molar-refractivity contribution is 6.11. The first-order chi connectivity index (χ1) is 13.1. The van der Waals surface area contributed by atoms with Gasteiger partial charge in [-0.25, -0.2) is 9.78 Å². The lowest BCUT2D eigenvalue weighted by Crippen LogP contribution is -2.39. The molecule has 0 aliphatic heterocycles. The van der Waals surface area contributed by atoms with Gasteiger partial charge >= 0.3 is 0 Å². The monoisotopic (exact) mass is 400 g/mol. The maximum atomic E-state index is 13.4. The van der Waals surface area contributed by atoms with Gasteiger partial charge in [-0.05, 0) is 61.4 Å². The van der Waals surface area contributed by atoms with Crippen molar-refractivity contribution in [3.63, 3.8) is 0 Å². The third-order valence-electron chi connectivity index (χ3n) is 4.79. The highest BCUT2D eigenvalue weighted by atomic mass is 17.2. The highest BCUT2D eigenvalue weighted by Gasteiger charge is 2.44. The highest BCUT2D eigenvalue weighted by Crippen LogP contribution is 2.45. The Morgan fingerprint density at radius 1 is 0.759 bits per heavy atom. The van der Waals surface area contributed by atoms with E-state index in [-0.39, 0.29) is 16.6 Å². The number of ether oxygens (including phenoxy) is 1. The lowest BCUT2D eigenvalue weighted by atomic mass is 9.68. The first kappa shape index (κ1) is 23.4. The summed E-state index contributed by atoms with van der Waals surface area (Å²) >= 11 is 0. The summed E-state index contributed by atoms with van der Waals surface area (Å²) in [7, 11) is 1.64. The summed E-state index contributed by atoms with van der Waals surface area (Å²) in [6, 6.07) is 7.69. The van der Waals surface area contributed by atoms with Crippen LogP contribution in [0.1, 0.15) is 67.9 Å². The van der Waals surface area contributed by atoms with Gasteiger partial charge in [0, 0.05) is 11.1 Å². The van der Waals surface area contributed by atoms with Gasteiger partial charge in [0.1, 0.15) is 5.75 Å². The third-order valence-corrected chi connectivity index (χ3v) is 4.79. The summed E-state index contributed by atoms with van der Waals surface area (Å²) < 4.78 is 5.31. The Bertz CT molecular complexity index is 772. The van der Waals surface area contributed by atoms with Gasteiger partial charge in [0.25, 0.3) is 0 Å². The van der Waals surface area contributed by atoms with Crippen LogP contribution in [0.15, 0.2) is 47.6 Å². The molecule has 0 atom stereocenters. The Balaban J connectivity index is 2.77. The minimum Gasteiger partial charge on any atom is -0.497 e. The maximum absolute atomic E-state index is 13.4. The van der Waals surface area contributed by atoms with Crippen molar-refractivity contribution in [2.24, 2.45) is 10.8 Å². The molecule has 2 rings (SSSR count). The van der Waals surface area contributed by atoms with Crippen LogP contribution >= 0.6 is 0 Å². The normalized spacial score (nSPS) is 17.7. The number of rotatable bonds is 4. The first-order valence-corrected chi connectivity index (χ1v) is 10.1. The molecule has 1 aromatic carbocycles. The van der Waals surface area contributed by atoms with E-state index in [2.05, 4.69) is 0 Å². The molecule has 0 radical (unpaired) electrons. The largest absolute Gasteiger partial charge is 0.497 e. The molecule has 4 nitrogen and oxygen atoms in total. The van der Waals surface area contributed by atoms with Gasteiger partial charge in [-0.1, -0.05) is 53.7 Å². The van der Waals surface area contributed by atoms with E-state index in [1.807, 2.05) is 98.7 Å². The van der Waals surface area contributed by atoms with Crippen LogP contribution in [0.3, 0.4) is 0 Å².